The highest BCUT2D eigenvalue weighted by Crippen LogP contribution is 1.97. The molecule has 0 fully saturated rings. The molecule has 74 valence electrons. The van der Waals surface area contributed by atoms with Gasteiger partial charge in [0.25, 0.3) is 11.8 Å². The van der Waals surface area contributed by atoms with Crippen LogP contribution >= 0.6 is 0 Å². The first-order valence-corrected chi connectivity index (χ1v) is 3.82. The summed E-state index contributed by atoms with van der Waals surface area (Å²) in [5, 5.41) is 8.90. The van der Waals surface area contributed by atoms with Crippen molar-refractivity contribution in [3.8, 4) is 0 Å². The molecule has 0 aromatic heterocycles. The van der Waals surface area contributed by atoms with Crippen molar-refractivity contribution in [3.05, 3.63) is 0 Å². The number of hydrogen-bond donors (Lipinski definition) is 2. The maximum atomic E-state index is 10.9. The maximum absolute atomic E-state index is 10.9. The van der Waals surface area contributed by atoms with Gasteiger partial charge < -0.3 is 5.73 Å². The van der Waals surface area contributed by atoms with Gasteiger partial charge in [-0.3, -0.25) is 19.6 Å². The molecule has 0 saturated carbocycles. The van der Waals surface area contributed by atoms with Crippen LogP contribution in [0.15, 0.2) is 0 Å². The second-order valence-corrected chi connectivity index (χ2v) is 2.42. The minimum absolute atomic E-state index is 0.0168. The molecule has 0 spiro atoms. The molecular weight excluding hydrogens is 176 g/mol. The summed E-state index contributed by atoms with van der Waals surface area (Å²) in [7, 11) is 0. The molecule has 13 heavy (non-hydrogen) atoms. The lowest BCUT2D eigenvalue weighted by molar-refractivity contribution is -0.179. The molecule has 0 radical (unpaired) electrons. The smallest absolute Gasteiger partial charge is 0.253 e. The normalized spacial score (nSPS) is 9.38. The summed E-state index contributed by atoms with van der Waals surface area (Å²) < 4.78 is 0. The molecular formula is C7H12N2O4. The lowest BCUT2D eigenvalue weighted by Crippen LogP contribution is -2.33. The Morgan fingerprint density at radius 1 is 1.23 bits per heavy atom. The lowest BCUT2D eigenvalue weighted by Gasteiger charge is -2.10. The van der Waals surface area contributed by atoms with Gasteiger partial charge in [0.2, 0.25) is 5.91 Å². The second-order valence-electron chi connectivity index (χ2n) is 2.42. The van der Waals surface area contributed by atoms with Gasteiger partial charge in [-0.25, -0.2) is 0 Å². The minimum atomic E-state index is -0.814. The van der Waals surface area contributed by atoms with Gasteiger partial charge in [0.1, 0.15) is 0 Å². The number of amides is 3. The van der Waals surface area contributed by atoms with Gasteiger partial charge in [-0.05, 0) is 0 Å². The van der Waals surface area contributed by atoms with Crippen LogP contribution in [0.25, 0.3) is 0 Å². The van der Waals surface area contributed by atoms with Crippen LogP contribution in [0.4, 0.5) is 0 Å². The quantitative estimate of drug-likeness (QED) is 0.454. The summed E-state index contributed by atoms with van der Waals surface area (Å²) in [6.45, 7) is 1.51. The fourth-order valence-electron chi connectivity index (χ4n) is 0.625. The molecule has 0 saturated heterocycles. The second kappa shape index (κ2) is 5.26. The molecule has 0 aromatic rings. The number of nitrogens with two attached hydrogens (primary N) is 1. The van der Waals surface area contributed by atoms with Gasteiger partial charge in [0.15, 0.2) is 0 Å². The van der Waals surface area contributed by atoms with Crippen molar-refractivity contribution in [2.24, 2.45) is 5.73 Å². The lowest BCUT2D eigenvalue weighted by atomic mass is 10.3. The number of hydrogen-bond acceptors (Lipinski definition) is 4. The van der Waals surface area contributed by atoms with Crippen molar-refractivity contribution >= 4 is 17.7 Å². The van der Waals surface area contributed by atoms with Gasteiger partial charge in [-0.2, -0.15) is 5.06 Å². The number of carbonyl (C=O) groups excluding carboxylic acids is 3. The van der Waals surface area contributed by atoms with Gasteiger partial charge in [0, 0.05) is 19.3 Å². The summed E-state index contributed by atoms with van der Waals surface area (Å²) in [5.74, 6) is -2.16. The zero-order chi connectivity index (χ0) is 10.4. The zero-order valence-electron chi connectivity index (χ0n) is 7.32. The van der Waals surface area contributed by atoms with E-state index >= 15 is 0 Å². The highest BCUT2D eigenvalue weighted by Gasteiger charge is 2.17. The van der Waals surface area contributed by atoms with E-state index in [1.165, 1.54) is 6.92 Å². The molecule has 0 atom stereocenters. The number of imide groups is 1. The van der Waals surface area contributed by atoms with Gasteiger partial charge in [-0.15, -0.1) is 0 Å². The maximum Gasteiger partial charge on any atom is 0.253 e. The number of carbonyl (C=O) groups is 3. The summed E-state index contributed by atoms with van der Waals surface area (Å²) in [6.07, 6.45) is -0.400. The van der Waals surface area contributed by atoms with Crippen molar-refractivity contribution in [3.63, 3.8) is 0 Å². The highest BCUT2D eigenvalue weighted by atomic mass is 16.5. The Hall–Kier alpha value is -1.43. The third kappa shape index (κ3) is 4.22. The topological polar surface area (TPSA) is 101 Å². The summed E-state index contributed by atoms with van der Waals surface area (Å²) in [5.41, 5.74) is 4.77. The Kier molecular flexibility index (Phi) is 4.68. The van der Waals surface area contributed by atoms with Crippen LogP contribution < -0.4 is 5.73 Å². The van der Waals surface area contributed by atoms with E-state index in [9.17, 15) is 14.4 Å². The Morgan fingerprint density at radius 2 is 1.77 bits per heavy atom. The SMILES string of the molecule is CCC(=O)N(O)C(=O)CCC(N)=O. The van der Waals surface area contributed by atoms with E-state index in [-0.39, 0.29) is 24.3 Å². The number of rotatable bonds is 4. The van der Waals surface area contributed by atoms with E-state index < -0.39 is 17.7 Å². The van der Waals surface area contributed by atoms with Crippen LogP contribution in [0, 0.1) is 0 Å². The molecule has 0 aliphatic heterocycles. The minimum Gasteiger partial charge on any atom is -0.370 e. The monoisotopic (exact) mass is 188 g/mol. The third-order valence-corrected chi connectivity index (χ3v) is 1.36. The standard InChI is InChI=1S/C7H12N2O4/c1-2-6(11)9(13)7(12)4-3-5(8)10/h13H,2-4H2,1H3,(H2,8,10). The molecule has 6 heteroatoms. The number of hydroxylamine groups is 2. The average molecular weight is 188 g/mol. The molecule has 3 amide bonds. The van der Waals surface area contributed by atoms with Gasteiger partial charge in [0.05, 0.1) is 0 Å². The zero-order valence-corrected chi connectivity index (χ0v) is 7.32. The first kappa shape index (κ1) is 11.6. The average Bonchev–Trinajstić information content (AvgIpc) is 2.11. The fraction of sp³-hybridized carbons (Fsp3) is 0.571. The largest absolute Gasteiger partial charge is 0.370 e. The molecule has 0 rings (SSSR count). The van der Waals surface area contributed by atoms with Crippen LogP contribution in [0.1, 0.15) is 26.2 Å². The van der Waals surface area contributed by atoms with Crippen molar-refractivity contribution in [1.82, 2.24) is 5.06 Å². The molecule has 6 nitrogen and oxygen atoms in total. The highest BCUT2D eigenvalue weighted by molar-refractivity contribution is 5.94. The molecule has 0 aliphatic rings. The molecule has 0 bridgehead atoms. The molecule has 0 unspecified atom stereocenters. The predicted molar refractivity (Wildman–Crippen MR) is 42.4 cm³/mol. The van der Waals surface area contributed by atoms with Crippen LogP contribution in [-0.2, 0) is 14.4 Å². The van der Waals surface area contributed by atoms with Crippen molar-refractivity contribution < 1.29 is 19.6 Å². The van der Waals surface area contributed by atoms with E-state index in [1.54, 1.807) is 0 Å². The molecule has 0 heterocycles. The Balaban J connectivity index is 3.96. The summed E-state index contributed by atoms with van der Waals surface area (Å²) in [4.78, 5) is 31.9. The molecule has 3 N–H and O–H groups in total. The molecule has 0 aromatic carbocycles. The van der Waals surface area contributed by atoms with Gasteiger partial charge in [-0.1, -0.05) is 6.92 Å². The first-order valence-electron chi connectivity index (χ1n) is 3.82. The van der Waals surface area contributed by atoms with Crippen LogP contribution in [0.3, 0.4) is 0 Å². The van der Waals surface area contributed by atoms with Crippen molar-refractivity contribution in [2.75, 3.05) is 0 Å². The number of nitrogens with zero attached hydrogens (tertiary/aromatic N) is 1. The van der Waals surface area contributed by atoms with Gasteiger partial charge >= 0.3 is 0 Å². The third-order valence-electron chi connectivity index (χ3n) is 1.36. The van der Waals surface area contributed by atoms with Crippen LogP contribution in [0.5, 0.6) is 0 Å². The van der Waals surface area contributed by atoms with E-state index in [1.807, 2.05) is 0 Å². The first-order chi connectivity index (χ1) is 5.99. The summed E-state index contributed by atoms with van der Waals surface area (Å²) in [6, 6.07) is 0. The predicted octanol–water partition coefficient (Wildman–Crippen LogP) is -0.594. The van der Waals surface area contributed by atoms with Crippen molar-refractivity contribution in [2.45, 2.75) is 26.2 Å². The number of primary amides is 1. The summed E-state index contributed by atoms with van der Waals surface area (Å²) >= 11 is 0. The van der Waals surface area contributed by atoms with Crippen molar-refractivity contribution in [1.29, 1.82) is 0 Å². The van der Waals surface area contributed by atoms with E-state index in [0.29, 0.717) is 0 Å². The Bertz CT molecular complexity index is 227. The van der Waals surface area contributed by atoms with E-state index in [2.05, 4.69) is 0 Å². The fourth-order valence-corrected chi connectivity index (χ4v) is 0.625. The van der Waals surface area contributed by atoms with E-state index in [4.69, 9.17) is 10.9 Å². The Labute approximate surface area is 75.3 Å². The van der Waals surface area contributed by atoms with E-state index in [0.717, 1.165) is 0 Å². The van der Waals surface area contributed by atoms with Crippen LogP contribution in [-0.4, -0.2) is 28.0 Å². The Morgan fingerprint density at radius 3 is 2.15 bits per heavy atom. The van der Waals surface area contributed by atoms with Crippen LogP contribution in [0.2, 0.25) is 0 Å². The molecule has 0 aliphatic carbocycles.